The molecule has 0 aliphatic carbocycles. The highest BCUT2D eigenvalue weighted by atomic mass is 16.5. The minimum Gasteiger partial charge on any atom is -0.379 e. The van der Waals surface area contributed by atoms with Gasteiger partial charge < -0.3 is 4.74 Å². The third kappa shape index (κ3) is 1.46. The Labute approximate surface area is 83.9 Å². The molecule has 1 fully saturated rings. The molecule has 1 aromatic carbocycles. The van der Waals surface area contributed by atoms with Crippen LogP contribution < -0.4 is 0 Å². The molecule has 1 saturated heterocycles. The van der Waals surface area contributed by atoms with Gasteiger partial charge in [0.2, 0.25) is 0 Å². The van der Waals surface area contributed by atoms with Crippen molar-refractivity contribution in [1.82, 2.24) is 0 Å². The Kier molecular flexibility index (Phi) is 2.16. The van der Waals surface area contributed by atoms with Crippen molar-refractivity contribution >= 4 is 5.78 Å². The third-order valence-electron chi connectivity index (χ3n) is 2.83. The lowest BCUT2D eigenvalue weighted by Gasteiger charge is -2.38. The number of ether oxygens (including phenoxy) is 1. The zero-order valence-corrected chi connectivity index (χ0v) is 8.54. The summed E-state index contributed by atoms with van der Waals surface area (Å²) < 4.78 is 5.20. The van der Waals surface area contributed by atoms with Gasteiger partial charge in [-0.05, 0) is 12.5 Å². The monoisotopic (exact) mass is 190 g/mol. The zero-order valence-electron chi connectivity index (χ0n) is 8.54. The lowest BCUT2D eigenvalue weighted by molar-refractivity contribution is -0.0500. The Morgan fingerprint density at radius 3 is 2.21 bits per heavy atom. The van der Waals surface area contributed by atoms with Gasteiger partial charge in [-0.15, -0.1) is 0 Å². The fourth-order valence-electron chi connectivity index (χ4n) is 1.68. The normalized spacial score (nSPS) is 18.7. The molecular formula is C12H14O2. The molecule has 1 aliphatic heterocycles. The Balaban J connectivity index is 2.25. The Bertz CT molecular complexity index is 347. The quantitative estimate of drug-likeness (QED) is 0.668. The first kappa shape index (κ1) is 9.41. The molecule has 74 valence electrons. The summed E-state index contributed by atoms with van der Waals surface area (Å²) in [7, 11) is 0. The average molecular weight is 190 g/mol. The fourth-order valence-corrected chi connectivity index (χ4v) is 1.68. The number of Topliss-reactive ketones (excluding diaryl/α,β-unsaturated/α-hetero) is 1. The highest BCUT2D eigenvalue weighted by Gasteiger charge is 2.34. The van der Waals surface area contributed by atoms with Gasteiger partial charge in [-0.1, -0.05) is 31.2 Å². The molecule has 0 atom stereocenters. The summed E-state index contributed by atoms with van der Waals surface area (Å²) in [6.07, 6.45) is 0. The van der Waals surface area contributed by atoms with Crippen molar-refractivity contribution in [2.45, 2.75) is 19.3 Å². The highest BCUT2D eigenvalue weighted by molar-refractivity contribution is 5.94. The first-order chi connectivity index (χ1) is 6.62. The summed E-state index contributed by atoms with van der Waals surface area (Å²) >= 11 is 0. The molecule has 0 saturated carbocycles. The van der Waals surface area contributed by atoms with Crippen LogP contribution in [-0.4, -0.2) is 19.0 Å². The summed E-state index contributed by atoms with van der Waals surface area (Å²) in [5, 5.41) is 0. The summed E-state index contributed by atoms with van der Waals surface area (Å²) in [6.45, 7) is 5.33. The SMILES string of the molecule is CC(=O)c1ccc(C2(C)COC2)cc1. The van der Waals surface area contributed by atoms with Gasteiger partial charge in [-0.25, -0.2) is 0 Å². The highest BCUT2D eigenvalue weighted by Crippen LogP contribution is 2.31. The van der Waals surface area contributed by atoms with E-state index < -0.39 is 0 Å². The molecule has 2 nitrogen and oxygen atoms in total. The lowest BCUT2D eigenvalue weighted by Crippen LogP contribution is -2.43. The van der Waals surface area contributed by atoms with E-state index in [2.05, 4.69) is 6.92 Å². The maximum absolute atomic E-state index is 11.1. The number of rotatable bonds is 2. The van der Waals surface area contributed by atoms with Crippen molar-refractivity contribution in [3.8, 4) is 0 Å². The maximum Gasteiger partial charge on any atom is 0.159 e. The van der Waals surface area contributed by atoms with Crippen molar-refractivity contribution in [3.63, 3.8) is 0 Å². The van der Waals surface area contributed by atoms with E-state index in [0.29, 0.717) is 0 Å². The second kappa shape index (κ2) is 3.21. The Morgan fingerprint density at radius 1 is 1.29 bits per heavy atom. The van der Waals surface area contributed by atoms with Crippen LogP contribution in [0.25, 0.3) is 0 Å². The summed E-state index contributed by atoms with van der Waals surface area (Å²) in [6, 6.07) is 7.83. The lowest BCUT2D eigenvalue weighted by atomic mass is 9.80. The molecule has 0 aromatic heterocycles. The largest absolute Gasteiger partial charge is 0.379 e. The van der Waals surface area contributed by atoms with Crippen molar-refractivity contribution in [2.75, 3.05) is 13.2 Å². The van der Waals surface area contributed by atoms with E-state index in [1.807, 2.05) is 24.3 Å². The van der Waals surface area contributed by atoms with E-state index in [4.69, 9.17) is 4.74 Å². The van der Waals surface area contributed by atoms with Crippen LogP contribution in [0.2, 0.25) is 0 Å². The molecule has 0 N–H and O–H groups in total. The zero-order chi connectivity index (χ0) is 10.2. The molecule has 1 aromatic rings. The second-order valence-electron chi connectivity index (χ2n) is 4.19. The van der Waals surface area contributed by atoms with Gasteiger partial charge in [0, 0.05) is 11.0 Å². The molecule has 0 amide bonds. The third-order valence-corrected chi connectivity index (χ3v) is 2.83. The van der Waals surface area contributed by atoms with Crippen LogP contribution in [0.3, 0.4) is 0 Å². The van der Waals surface area contributed by atoms with E-state index in [1.54, 1.807) is 6.92 Å². The average Bonchev–Trinajstić information content (AvgIpc) is 2.14. The smallest absolute Gasteiger partial charge is 0.159 e. The molecule has 0 spiro atoms. The number of hydrogen-bond acceptors (Lipinski definition) is 2. The predicted molar refractivity (Wildman–Crippen MR) is 54.6 cm³/mol. The molecule has 2 heteroatoms. The van der Waals surface area contributed by atoms with Crippen molar-refractivity contribution < 1.29 is 9.53 Å². The molecule has 0 radical (unpaired) electrons. The number of carbonyl (C=O) groups excluding carboxylic acids is 1. The Hall–Kier alpha value is -1.15. The van der Waals surface area contributed by atoms with Gasteiger partial charge in [0.1, 0.15) is 0 Å². The summed E-state index contributed by atoms with van der Waals surface area (Å²) in [4.78, 5) is 11.1. The van der Waals surface area contributed by atoms with Crippen molar-refractivity contribution in [3.05, 3.63) is 35.4 Å². The number of ketones is 1. The number of carbonyl (C=O) groups is 1. The molecule has 0 bridgehead atoms. The minimum absolute atomic E-state index is 0.117. The van der Waals surface area contributed by atoms with E-state index in [9.17, 15) is 4.79 Å². The Morgan fingerprint density at radius 2 is 1.86 bits per heavy atom. The molecule has 0 unspecified atom stereocenters. The number of benzene rings is 1. The topological polar surface area (TPSA) is 26.3 Å². The summed E-state index contributed by atoms with van der Waals surface area (Å²) in [5.74, 6) is 0.117. The van der Waals surface area contributed by atoms with Gasteiger partial charge in [-0.3, -0.25) is 4.79 Å². The molecule has 1 aliphatic rings. The van der Waals surface area contributed by atoms with Crippen LogP contribution in [0.1, 0.15) is 29.8 Å². The van der Waals surface area contributed by atoms with Gasteiger partial charge >= 0.3 is 0 Å². The predicted octanol–water partition coefficient (Wildman–Crippen LogP) is 2.18. The van der Waals surface area contributed by atoms with E-state index in [1.165, 1.54) is 5.56 Å². The van der Waals surface area contributed by atoms with Gasteiger partial charge in [0.15, 0.2) is 5.78 Å². The molecule has 1 heterocycles. The molecular weight excluding hydrogens is 176 g/mol. The number of hydrogen-bond donors (Lipinski definition) is 0. The van der Waals surface area contributed by atoms with Crippen LogP contribution >= 0.6 is 0 Å². The maximum atomic E-state index is 11.1. The molecule has 14 heavy (non-hydrogen) atoms. The molecule has 2 rings (SSSR count). The van der Waals surface area contributed by atoms with Crippen LogP contribution in [0.15, 0.2) is 24.3 Å². The second-order valence-corrected chi connectivity index (χ2v) is 4.19. The van der Waals surface area contributed by atoms with Crippen molar-refractivity contribution in [2.24, 2.45) is 0 Å². The van der Waals surface area contributed by atoms with Gasteiger partial charge in [0.05, 0.1) is 13.2 Å². The van der Waals surface area contributed by atoms with Crippen LogP contribution in [0.5, 0.6) is 0 Å². The van der Waals surface area contributed by atoms with Gasteiger partial charge in [-0.2, -0.15) is 0 Å². The first-order valence-electron chi connectivity index (χ1n) is 4.81. The van der Waals surface area contributed by atoms with Crippen molar-refractivity contribution in [1.29, 1.82) is 0 Å². The fraction of sp³-hybridized carbons (Fsp3) is 0.417. The standard InChI is InChI=1S/C12H14O2/c1-9(13)10-3-5-11(6-4-10)12(2)7-14-8-12/h3-6H,7-8H2,1-2H3. The van der Waals surface area contributed by atoms with Crippen LogP contribution in [0, 0.1) is 0 Å². The van der Waals surface area contributed by atoms with E-state index in [-0.39, 0.29) is 11.2 Å². The minimum atomic E-state index is 0.117. The van der Waals surface area contributed by atoms with Crippen LogP contribution in [-0.2, 0) is 10.2 Å². The van der Waals surface area contributed by atoms with E-state index in [0.717, 1.165) is 18.8 Å². The summed E-state index contributed by atoms with van der Waals surface area (Å²) in [5.41, 5.74) is 2.20. The first-order valence-corrected chi connectivity index (χ1v) is 4.81. The van der Waals surface area contributed by atoms with Gasteiger partial charge in [0.25, 0.3) is 0 Å². The van der Waals surface area contributed by atoms with E-state index >= 15 is 0 Å². The van der Waals surface area contributed by atoms with Crippen LogP contribution in [0.4, 0.5) is 0 Å².